The maximum atomic E-state index is 13.0. The van der Waals surface area contributed by atoms with E-state index in [1.165, 1.54) is 0 Å². The molecule has 2 aromatic carbocycles. The minimum Gasteiger partial charge on any atom is -0.306 e. The fraction of sp³-hybridized carbons (Fsp3) is 0.350. The number of para-hydroxylation sites is 1. The predicted molar refractivity (Wildman–Crippen MR) is 102 cm³/mol. The molecule has 26 heavy (non-hydrogen) atoms. The average Bonchev–Trinajstić information content (AvgIpc) is 2.96. The van der Waals surface area contributed by atoms with Crippen LogP contribution in [0.1, 0.15) is 18.5 Å². The number of rotatable bonds is 3. The molecule has 136 valence electrons. The number of benzene rings is 2. The Kier molecular flexibility index (Phi) is 4.32. The predicted octanol–water partition coefficient (Wildman–Crippen LogP) is 2.26. The number of amides is 1. The van der Waals surface area contributed by atoms with Crippen LogP contribution in [-0.2, 0) is 14.6 Å². The number of fused-ring (bicyclic) bond motifs is 1. The monoisotopic (exact) mass is 370 g/mol. The first-order chi connectivity index (χ1) is 12.5. The van der Waals surface area contributed by atoms with Crippen molar-refractivity contribution in [3.05, 3.63) is 66.2 Å². The first-order valence-electron chi connectivity index (χ1n) is 8.84. The third-order valence-corrected chi connectivity index (χ3v) is 7.15. The van der Waals surface area contributed by atoms with Crippen LogP contribution in [-0.4, -0.2) is 49.4 Å². The summed E-state index contributed by atoms with van der Waals surface area (Å²) in [6, 6.07) is 18.8. The number of anilines is 1. The molecule has 6 heteroatoms. The van der Waals surface area contributed by atoms with Gasteiger partial charge < -0.3 is 4.90 Å². The largest absolute Gasteiger partial charge is 0.306 e. The van der Waals surface area contributed by atoms with Gasteiger partial charge in [0.05, 0.1) is 24.1 Å². The van der Waals surface area contributed by atoms with Crippen LogP contribution >= 0.6 is 0 Å². The fourth-order valence-electron chi connectivity index (χ4n) is 4.18. The van der Waals surface area contributed by atoms with Crippen molar-refractivity contribution >= 4 is 21.4 Å². The fourth-order valence-corrected chi connectivity index (χ4v) is 6.14. The van der Waals surface area contributed by atoms with Gasteiger partial charge in [-0.3, -0.25) is 9.69 Å². The van der Waals surface area contributed by atoms with E-state index in [0.29, 0.717) is 0 Å². The summed E-state index contributed by atoms with van der Waals surface area (Å²) in [6.45, 7) is 2.27. The quantitative estimate of drug-likeness (QED) is 0.832. The molecular formula is C20H22N2O3S. The molecule has 2 fully saturated rings. The van der Waals surface area contributed by atoms with Crippen LogP contribution < -0.4 is 4.90 Å². The zero-order chi connectivity index (χ0) is 18.3. The van der Waals surface area contributed by atoms with Crippen LogP contribution in [0.3, 0.4) is 0 Å². The molecule has 1 amide bonds. The summed E-state index contributed by atoms with van der Waals surface area (Å²) in [5, 5.41) is 0. The van der Waals surface area contributed by atoms with E-state index in [0.717, 1.165) is 11.3 Å². The van der Waals surface area contributed by atoms with E-state index in [9.17, 15) is 13.2 Å². The van der Waals surface area contributed by atoms with Crippen LogP contribution in [0.5, 0.6) is 0 Å². The summed E-state index contributed by atoms with van der Waals surface area (Å²) in [5.41, 5.74) is 1.87. The number of carbonyl (C=O) groups excluding carboxylic acids is 1. The molecule has 5 nitrogen and oxygen atoms in total. The van der Waals surface area contributed by atoms with Crippen LogP contribution in [0.2, 0.25) is 0 Å². The summed E-state index contributed by atoms with van der Waals surface area (Å²) in [7, 11) is -3.18. The third-order valence-electron chi connectivity index (χ3n) is 5.45. The summed E-state index contributed by atoms with van der Waals surface area (Å²) >= 11 is 0. The van der Waals surface area contributed by atoms with Crippen molar-refractivity contribution in [3.63, 3.8) is 0 Å². The highest BCUT2D eigenvalue weighted by Crippen LogP contribution is 2.35. The molecule has 0 spiro atoms. The van der Waals surface area contributed by atoms with E-state index in [1.54, 1.807) is 4.90 Å². The molecule has 3 atom stereocenters. The van der Waals surface area contributed by atoms with Gasteiger partial charge in [0.2, 0.25) is 5.91 Å². The number of carbonyl (C=O) groups is 1. The zero-order valence-corrected chi connectivity index (χ0v) is 15.5. The Bertz CT molecular complexity index is 899. The molecule has 2 aromatic rings. The summed E-state index contributed by atoms with van der Waals surface area (Å²) in [5.74, 6) is 0.0826. The molecule has 0 radical (unpaired) electrons. The molecule has 2 heterocycles. The van der Waals surface area contributed by atoms with E-state index >= 15 is 0 Å². The van der Waals surface area contributed by atoms with E-state index < -0.39 is 9.84 Å². The van der Waals surface area contributed by atoms with Gasteiger partial charge in [0.1, 0.15) is 0 Å². The van der Waals surface area contributed by atoms with Gasteiger partial charge in [-0.2, -0.15) is 0 Å². The minimum absolute atomic E-state index is 0.0149. The van der Waals surface area contributed by atoms with E-state index in [1.807, 2.05) is 67.6 Å². The van der Waals surface area contributed by atoms with Crippen LogP contribution in [0.4, 0.5) is 5.69 Å². The lowest BCUT2D eigenvalue weighted by Crippen LogP contribution is -2.62. The number of hydrogen-bond acceptors (Lipinski definition) is 4. The highest BCUT2D eigenvalue weighted by atomic mass is 32.2. The topological polar surface area (TPSA) is 57.7 Å². The second-order valence-electron chi connectivity index (χ2n) is 7.07. The van der Waals surface area contributed by atoms with Crippen LogP contribution in [0.25, 0.3) is 0 Å². The summed E-state index contributed by atoms with van der Waals surface area (Å²) in [6.07, 6.45) is 0. The van der Waals surface area contributed by atoms with Crippen molar-refractivity contribution in [1.29, 1.82) is 0 Å². The van der Waals surface area contributed by atoms with Crippen molar-refractivity contribution in [2.45, 2.75) is 25.0 Å². The van der Waals surface area contributed by atoms with E-state index in [4.69, 9.17) is 0 Å². The molecule has 0 bridgehead atoms. The molecular weight excluding hydrogens is 348 g/mol. The Morgan fingerprint density at radius 2 is 1.50 bits per heavy atom. The van der Waals surface area contributed by atoms with Gasteiger partial charge in [-0.05, 0) is 24.6 Å². The van der Waals surface area contributed by atoms with Gasteiger partial charge in [0.15, 0.2) is 9.84 Å². The maximum Gasteiger partial charge on any atom is 0.241 e. The highest BCUT2D eigenvalue weighted by Gasteiger charge is 2.50. The van der Waals surface area contributed by atoms with Crippen molar-refractivity contribution in [2.24, 2.45) is 0 Å². The first-order valence-corrected chi connectivity index (χ1v) is 10.7. The molecule has 2 aliphatic rings. The second kappa shape index (κ2) is 6.52. The average molecular weight is 370 g/mol. The summed E-state index contributed by atoms with van der Waals surface area (Å²) < 4.78 is 24.8. The Morgan fingerprint density at radius 1 is 0.923 bits per heavy atom. The maximum absolute atomic E-state index is 13.0. The number of nitrogens with zero attached hydrogens (tertiary/aromatic N) is 2. The SMILES string of the molecule is CC(c1ccccc1)N1CC(=O)N(c2ccccc2)[C@@H]2CS(=O)(=O)C[C@@H]21. The van der Waals surface area contributed by atoms with Crippen molar-refractivity contribution in [3.8, 4) is 0 Å². The summed E-state index contributed by atoms with van der Waals surface area (Å²) in [4.78, 5) is 16.7. The van der Waals surface area contributed by atoms with Gasteiger partial charge >= 0.3 is 0 Å². The molecule has 2 saturated heterocycles. The zero-order valence-electron chi connectivity index (χ0n) is 14.7. The first kappa shape index (κ1) is 17.2. The lowest BCUT2D eigenvalue weighted by Gasteiger charge is -2.46. The minimum atomic E-state index is -3.18. The van der Waals surface area contributed by atoms with Gasteiger partial charge in [-0.15, -0.1) is 0 Å². The van der Waals surface area contributed by atoms with Crippen molar-refractivity contribution < 1.29 is 13.2 Å². The molecule has 0 aromatic heterocycles. The second-order valence-corrected chi connectivity index (χ2v) is 9.22. The standard InChI is InChI=1S/C20H22N2O3S/c1-15(16-8-4-2-5-9-16)21-12-20(23)22(17-10-6-3-7-11-17)19-14-26(24,25)13-18(19)21/h2-11,15,18-19H,12-14H2,1H3/t15?,18-,19+/m0/s1. The molecule has 4 rings (SSSR count). The lowest BCUT2D eigenvalue weighted by atomic mass is 9.98. The Hall–Kier alpha value is -2.18. The van der Waals surface area contributed by atoms with Gasteiger partial charge in [0, 0.05) is 17.8 Å². The number of piperazine rings is 1. The number of sulfone groups is 1. The van der Waals surface area contributed by atoms with Crippen LogP contribution in [0.15, 0.2) is 60.7 Å². The molecule has 0 N–H and O–H groups in total. The van der Waals surface area contributed by atoms with Gasteiger partial charge in [-0.25, -0.2) is 8.42 Å². The van der Waals surface area contributed by atoms with Gasteiger partial charge in [0.25, 0.3) is 0 Å². The molecule has 1 unspecified atom stereocenters. The van der Waals surface area contributed by atoms with Crippen LogP contribution in [0, 0.1) is 0 Å². The smallest absolute Gasteiger partial charge is 0.241 e. The Labute approximate surface area is 154 Å². The highest BCUT2D eigenvalue weighted by molar-refractivity contribution is 7.91. The Balaban J connectivity index is 1.71. The molecule has 2 aliphatic heterocycles. The lowest BCUT2D eigenvalue weighted by molar-refractivity contribution is -0.124. The van der Waals surface area contributed by atoms with E-state index in [2.05, 4.69) is 4.90 Å². The Morgan fingerprint density at radius 3 is 2.15 bits per heavy atom. The molecule has 0 saturated carbocycles. The van der Waals surface area contributed by atoms with E-state index in [-0.39, 0.29) is 42.1 Å². The number of hydrogen-bond donors (Lipinski definition) is 0. The normalized spacial score (nSPS) is 26.5. The molecule has 0 aliphatic carbocycles. The third kappa shape index (κ3) is 3.04. The van der Waals surface area contributed by atoms with Gasteiger partial charge in [-0.1, -0.05) is 48.5 Å². The van der Waals surface area contributed by atoms with Crippen molar-refractivity contribution in [1.82, 2.24) is 4.90 Å². The van der Waals surface area contributed by atoms with Crippen molar-refractivity contribution in [2.75, 3.05) is 23.0 Å².